The lowest BCUT2D eigenvalue weighted by atomic mass is 10.3. The van der Waals surface area contributed by atoms with Gasteiger partial charge in [0.1, 0.15) is 13.0 Å². The molecule has 2 N–H and O–H groups in total. The summed E-state index contributed by atoms with van der Waals surface area (Å²) in [5, 5.41) is 9.01. The summed E-state index contributed by atoms with van der Waals surface area (Å²) in [6.45, 7) is 25.6. The molecule has 0 saturated carbocycles. The van der Waals surface area contributed by atoms with Crippen molar-refractivity contribution >= 4 is 47.1 Å². The van der Waals surface area contributed by atoms with E-state index >= 15 is 0 Å². The molecule has 0 rings (SSSR count). The lowest BCUT2D eigenvalue weighted by Crippen LogP contribution is -2.56. The van der Waals surface area contributed by atoms with Gasteiger partial charge in [-0.15, -0.1) is 0 Å². The van der Waals surface area contributed by atoms with Crippen molar-refractivity contribution < 1.29 is 45.7 Å². The monoisotopic (exact) mass is 674 g/mol. The lowest BCUT2D eigenvalue weighted by Gasteiger charge is -2.41. The van der Waals surface area contributed by atoms with Gasteiger partial charge in [-0.2, -0.15) is 0 Å². The van der Waals surface area contributed by atoms with Gasteiger partial charge in [0, 0.05) is 24.8 Å². The second-order valence-corrected chi connectivity index (χ2v) is 32.3. The Labute approximate surface area is 254 Å². The molecular formula is C26H61NO9PSi4+. The summed E-state index contributed by atoms with van der Waals surface area (Å²) in [6, 6.07) is 1.96. The summed E-state index contributed by atoms with van der Waals surface area (Å²) >= 11 is 0. The van der Waals surface area contributed by atoms with E-state index in [4.69, 9.17) is 26.9 Å². The lowest BCUT2D eigenvalue weighted by molar-refractivity contribution is -0.890. The molecule has 0 saturated heterocycles. The summed E-state index contributed by atoms with van der Waals surface area (Å²) < 4.78 is 43.3. The predicted octanol–water partition coefficient (Wildman–Crippen LogP) is 5.45. The first-order chi connectivity index (χ1) is 18.4. The number of hydrogen-bond acceptors (Lipinski definition) is 8. The van der Waals surface area contributed by atoms with Crippen molar-refractivity contribution in [3.05, 3.63) is 12.2 Å². The van der Waals surface area contributed by atoms with E-state index in [0.29, 0.717) is 25.2 Å². The Hall–Kier alpha value is 0.0275. The van der Waals surface area contributed by atoms with E-state index in [1.807, 2.05) is 0 Å². The van der Waals surface area contributed by atoms with E-state index in [-0.39, 0.29) is 12.8 Å². The molecule has 0 aliphatic rings. The van der Waals surface area contributed by atoms with Crippen molar-refractivity contribution in [1.29, 1.82) is 0 Å². The molecule has 0 aromatic rings. The van der Waals surface area contributed by atoms with Crippen LogP contribution in [0.1, 0.15) is 26.2 Å². The average Bonchev–Trinajstić information content (AvgIpc) is 2.74. The largest absolute Gasteiger partial charge is 0.460 e. The summed E-state index contributed by atoms with van der Waals surface area (Å²) in [5.41, 5.74) is 0.386. The third-order valence-corrected chi connectivity index (χ3v) is 23.3. The van der Waals surface area contributed by atoms with Crippen LogP contribution in [0, 0.1) is 0 Å². The Morgan fingerprint density at radius 3 is 1.78 bits per heavy atom. The van der Waals surface area contributed by atoms with Crippen molar-refractivity contribution in [2.75, 3.05) is 59.5 Å². The van der Waals surface area contributed by atoms with Crippen molar-refractivity contribution in [1.82, 2.24) is 0 Å². The molecule has 15 heteroatoms. The molecule has 0 radical (unpaired) electrons. The minimum absolute atomic E-state index is 0.162. The number of carbonyl (C=O) groups excluding carboxylic acids is 1. The molecule has 1 atom stereocenters. The molecule has 1 unspecified atom stereocenters. The van der Waals surface area contributed by atoms with E-state index in [2.05, 4.69) is 73.1 Å². The Balaban J connectivity index is 4.60. The Kier molecular flexibility index (Phi) is 17.5. The second-order valence-electron chi connectivity index (χ2n) is 13.8. The highest BCUT2D eigenvalue weighted by molar-refractivity contribution is 7.57. The van der Waals surface area contributed by atoms with Crippen LogP contribution in [0.4, 0.5) is 0 Å². The van der Waals surface area contributed by atoms with Gasteiger partial charge < -0.3 is 36.3 Å². The van der Waals surface area contributed by atoms with E-state index in [1.54, 1.807) is 6.92 Å². The third kappa shape index (κ3) is 21.4. The number of nitrogens with zero attached hydrogens (tertiary/aromatic N) is 1. The van der Waals surface area contributed by atoms with Gasteiger partial charge >= 0.3 is 23.1 Å². The zero-order chi connectivity index (χ0) is 32.2. The van der Waals surface area contributed by atoms with E-state index < -0.39 is 53.4 Å². The highest BCUT2D eigenvalue weighted by atomic mass is 31.2. The molecule has 0 aromatic heterocycles. The van der Waals surface area contributed by atoms with Crippen LogP contribution in [0.2, 0.25) is 64.5 Å². The molecule has 0 aliphatic carbocycles. The van der Waals surface area contributed by atoms with Crippen LogP contribution in [0.15, 0.2) is 12.2 Å². The van der Waals surface area contributed by atoms with Gasteiger partial charge in [0.05, 0.1) is 33.8 Å². The minimum Gasteiger partial charge on any atom is -0.460 e. The molecule has 0 spiro atoms. The van der Waals surface area contributed by atoms with Gasteiger partial charge in [0.25, 0.3) is 0 Å². The fraction of sp³-hybridized carbons (Fsp3) is 0.885. The first-order valence-electron chi connectivity index (χ1n) is 14.7. The molecule has 0 heterocycles. The zero-order valence-electron chi connectivity index (χ0n) is 27.8. The van der Waals surface area contributed by atoms with Crippen molar-refractivity contribution in [3.8, 4) is 0 Å². The number of aliphatic hydroxyl groups is 1. The smallest absolute Gasteiger partial charge is 0.333 e. The SMILES string of the molecule is C=C(C)C(=O)OCCOCCC[Si](C)(C)O[Si](C)(C)O[Si](C)(C)O[Si](C)(C)CCC[N+](C)(C)CCCP(=O)(O)CO. The van der Waals surface area contributed by atoms with Crippen molar-refractivity contribution in [2.45, 2.75) is 90.7 Å². The summed E-state index contributed by atoms with van der Waals surface area (Å²) in [4.78, 5) is 21.0. The summed E-state index contributed by atoms with van der Waals surface area (Å²) in [6.07, 6.45) is 2.03. The number of carbonyl (C=O) groups is 1. The van der Waals surface area contributed by atoms with Gasteiger partial charge in [-0.3, -0.25) is 4.57 Å². The van der Waals surface area contributed by atoms with Crippen LogP contribution in [-0.2, 0) is 31.2 Å². The summed E-state index contributed by atoms with van der Waals surface area (Å²) in [5.74, 6) is -0.392. The number of hydrogen-bond donors (Lipinski definition) is 2. The molecule has 0 amide bonds. The summed E-state index contributed by atoms with van der Waals surface area (Å²) in [7, 11) is -7.91. The maximum absolute atomic E-state index is 11.7. The van der Waals surface area contributed by atoms with Gasteiger partial charge in [-0.25, -0.2) is 4.79 Å². The molecular weight excluding hydrogens is 614 g/mol. The van der Waals surface area contributed by atoms with Gasteiger partial charge in [-0.05, 0) is 84.2 Å². The van der Waals surface area contributed by atoms with Crippen LogP contribution in [-0.4, -0.2) is 114 Å². The van der Waals surface area contributed by atoms with Gasteiger partial charge in [0.15, 0.2) is 16.6 Å². The highest BCUT2D eigenvalue weighted by Gasteiger charge is 2.43. The van der Waals surface area contributed by atoms with Gasteiger partial charge in [0.2, 0.25) is 7.37 Å². The maximum atomic E-state index is 11.7. The van der Waals surface area contributed by atoms with Crippen molar-refractivity contribution in [2.24, 2.45) is 0 Å². The van der Waals surface area contributed by atoms with Crippen LogP contribution in [0.5, 0.6) is 0 Å². The Morgan fingerprint density at radius 1 is 0.805 bits per heavy atom. The average molecular weight is 675 g/mol. The van der Waals surface area contributed by atoms with Crippen LogP contribution in [0.3, 0.4) is 0 Å². The standard InChI is InChI=1S/C26H60NO9PSi4/c1-25(2)26(29)33-20-19-32-18-15-23-39(7,8)35-41(11,12)36-40(9,10)34-38(5,6)22-14-17-27(3,4)16-13-21-37(30,31)24-28/h28H,1,13-24H2,2-12H3/p+1. The number of esters is 1. The predicted molar refractivity (Wildman–Crippen MR) is 177 cm³/mol. The number of ether oxygens (including phenoxy) is 2. The third-order valence-electron chi connectivity index (χ3n) is 6.45. The maximum Gasteiger partial charge on any atom is 0.333 e. The van der Waals surface area contributed by atoms with E-state index in [9.17, 15) is 14.3 Å². The molecule has 41 heavy (non-hydrogen) atoms. The van der Waals surface area contributed by atoms with Crippen LogP contribution < -0.4 is 0 Å². The molecule has 0 bridgehead atoms. The number of rotatable bonds is 23. The van der Waals surface area contributed by atoms with Crippen molar-refractivity contribution in [3.63, 3.8) is 0 Å². The second kappa shape index (κ2) is 17.5. The van der Waals surface area contributed by atoms with Crippen LogP contribution >= 0.6 is 7.37 Å². The first-order valence-corrected chi connectivity index (χ1v) is 28.6. The molecule has 244 valence electrons. The topological polar surface area (TPSA) is 121 Å². The number of aliphatic hydroxyl groups excluding tert-OH is 1. The van der Waals surface area contributed by atoms with Crippen LogP contribution in [0.25, 0.3) is 0 Å². The Morgan fingerprint density at radius 2 is 1.29 bits per heavy atom. The fourth-order valence-electron chi connectivity index (χ4n) is 4.95. The van der Waals surface area contributed by atoms with Gasteiger partial charge in [-0.1, -0.05) is 6.58 Å². The fourth-order valence-corrected chi connectivity index (χ4v) is 25.0. The molecule has 10 nitrogen and oxygen atoms in total. The first kappa shape index (κ1) is 41.0. The molecule has 0 aromatic carbocycles. The quantitative estimate of drug-likeness (QED) is 0.0364. The molecule has 0 fully saturated rings. The minimum atomic E-state index is -3.39. The van der Waals surface area contributed by atoms with E-state index in [1.165, 1.54) is 0 Å². The number of quaternary nitrogens is 1. The zero-order valence-corrected chi connectivity index (χ0v) is 32.7. The normalized spacial score (nSPS) is 15.0. The van der Waals surface area contributed by atoms with E-state index in [0.717, 1.165) is 42.5 Å². The molecule has 0 aliphatic heterocycles. The highest BCUT2D eigenvalue weighted by Crippen LogP contribution is 2.39. The Bertz CT molecular complexity index is 870.